The van der Waals surface area contributed by atoms with E-state index in [9.17, 15) is 4.79 Å². The molecule has 0 atom stereocenters. The van der Waals surface area contributed by atoms with Gasteiger partial charge < -0.3 is 10.2 Å². The van der Waals surface area contributed by atoms with E-state index in [1.54, 1.807) is 7.05 Å². The van der Waals surface area contributed by atoms with E-state index in [2.05, 4.69) is 24.2 Å². The van der Waals surface area contributed by atoms with E-state index in [1.807, 2.05) is 0 Å². The highest BCUT2D eigenvalue weighted by Crippen LogP contribution is 2.30. The molecule has 1 saturated heterocycles. The lowest BCUT2D eigenvalue weighted by Crippen LogP contribution is -2.45. The molecule has 1 N–H and O–H groups in total. The summed E-state index contributed by atoms with van der Waals surface area (Å²) in [6.07, 6.45) is 1.95. The Morgan fingerprint density at radius 2 is 1.92 bits per heavy atom. The van der Waals surface area contributed by atoms with Gasteiger partial charge in [0, 0.05) is 12.5 Å². The molecule has 0 aliphatic carbocycles. The number of nitrogens with zero attached hydrogens (tertiary/aromatic N) is 1. The predicted molar refractivity (Wildman–Crippen MR) is 48.9 cm³/mol. The van der Waals surface area contributed by atoms with Crippen LogP contribution in [0.5, 0.6) is 0 Å². The van der Waals surface area contributed by atoms with E-state index < -0.39 is 0 Å². The normalized spacial score (nSPS) is 23.6. The Balaban J connectivity index is 2.55. The van der Waals surface area contributed by atoms with Gasteiger partial charge in [0.25, 0.3) is 0 Å². The lowest BCUT2D eigenvalue weighted by Gasteiger charge is -2.36. The molecule has 0 radical (unpaired) electrons. The van der Waals surface area contributed by atoms with Gasteiger partial charge in [-0.15, -0.1) is 0 Å². The van der Waals surface area contributed by atoms with Gasteiger partial charge >= 0.3 is 0 Å². The van der Waals surface area contributed by atoms with Gasteiger partial charge in [0.1, 0.15) is 0 Å². The van der Waals surface area contributed by atoms with Crippen LogP contribution in [0.1, 0.15) is 19.8 Å². The molecule has 1 aliphatic heterocycles. The fourth-order valence-corrected chi connectivity index (χ4v) is 1.64. The highest BCUT2D eigenvalue weighted by Gasteiger charge is 2.35. The average molecular weight is 170 g/mol. The van der Waals surface area contributed by atoms with Gasteiger partial charge in [0.05, 0.1) is 0 Å². The van der Waals surface area contributed by atoms with Crippen molar-refractivity contribution in [3.63, 3.8) is 0 Å². The first-order chi connectivity index (χ1) is 5.58. The number of carbonyl (C=O) groups is 1. The van der Waals surface area contributed by atoms with E-state index in [4.69, 9.17) is 0 Å². The number of likely N-dealkylation sites (tertiary alicyclic amines) is 1. The summed E-state index contributed by atoms with van der Waals surface area (Å²) in [4.78, 5) is 13.7. The first-order valence-electron chi connectivity index (χ1n) is 4.49. The van der Waals surface area contributed by atoms with Crippen molar-refractivity contribution < 1.29 is 4.79 Å². The SMILES string of the molecule is CNC(=O)C1(C)CCN(C)CC1. The minimum Gasteiger partial charge on any atom is -0.359 e. The first kappa shape index (κ1) is 9.52. The molecule has 0 aromatic rings. The summed E-state index contributed by atoms with van der Waals surface area (Å²) in [5.41, 5.74) is -0.124. The van der Waals surface area contributed by atoms with Crippen molar-refractivity contribution in [3.05, 3.63) is 0 Å². The van der Waals surface area contributed by atoms with Crippen molar-refractivity contribution >= 4 is 5.91 Å². The minimum atomic E-state index is -0.124. The van der Waals surface area contributed by atoms with Gasteiger partial charge in [-0.2, -0.15) is 0 Å². The van der Waals surface area contributed by atoms with Gasteiger partial charge in [0.15, 0.2) is 0 Å². The number of hydrogen-bond acceptors (Lipinski definition) is 2. The second-order valence-corrected chi connectivity index (χ2v) is 3.94. The fourth-order valence-electron chi connectivity index (χ4n) is 1.64. The largest absolute Gasteiger partial charge is 0.359 e. The summed E-state index contributed by atoms with van der Waals surface area (Å²) < 4.78 is 0. The molecule has 70 valence electrons. The van der Waals surface area contributed by atoms with Gasteiger partial charge in [-0.05, 0) is 33.0 Å². The molecule has 0 bridgehead atoms. The van der Waals surface area contributed by atoms with E-state index in [0.717, 1.165) is 25.9 Å². The second kappa shape index (κ2) is 3.44. The summed E-state index contributed by atoms with van der Waals surface area (Å²) in [6.45, 7) is 4.12. The maximum Gasteiger partial charge on any atom is 0.225 e. The Bertz CT molecular complexity index is 171. The van der Waals surface area contributed by atoms with Crippen LogP contribution in [0.15, 0.2) is 0 Å². The molecule has 0 aromatic heterocycles. The molecule has 0 aromatic carbocycles. The number of rotatable bonds is 1. The van der Waals surface area contributed by atoms with Crippen LogP contribution < -0.4 is 5.32 Å². The van der Waals surface area contributed by atoms with Crippen molar-refractivity contribution in [2.24, 2.45) is 5.41 Å². The van der Waals surface area contributed by atoms with Gasteiger partial charge in [-0.25, -0.2) is 0 Å². The Hall–Kier alpha value is -0.570. The standard InChI is InChI=1S/C9H18N2O/c1-9(8(12)10-2)4-6-11(3)7-5-9/h4-7H2,1-3H3,(H,10,12). The van der Waals surface area contributed by atoms with Crippen molar-refractivity contribution in [1.82, 2.24) is 10.2 Å². The van der Waals surface area contributed by atoms with Gasteiger partial charge in [-0.3, -0.25) is 4.79 Å². The molecule has 0 saturated carbocycles. The quantitative estimate of drug-likeness (QED) is 0.620. The van der Waals surface area contributed by atoms with Crippen molar-refractivity contribution in [2.45, 2.75) is 19.8 Å². The summed E-state index contributed by atoms with van der Waals surface area (Å²) in [5.74, 6) is 0.190. The van der Waals surface area contributed by atoms with Crippen LogP contribution in [0.4, 0.5) is 0 Å². The van der Waals surface area contributed by atoms with Crippen LogP contribution in [0.3, 0.4) is 0 Å². The molecule has 0 unspecified atom stereocenters. The van der Waals surface area contributed by atoms with E-state index in [0.29, 0.717) is 0 Å². The molecular formula is C9H18N2O. The third-order valence-corrected chi connectivity index (χ3v) is 2.87. The third kappa shape index (κ3) is 1.78. The monoisotopic (exact) mass is 170 g/mol. The fraction of sp³-hybridized carbons (Fsp3) is 0.889. The highest BCUT2D eigenvalue weighted by molar-refractivity contribution is 5.82. The molecule has 1 aliphatic rings. The molecule has 3 heteroatoms. The van der Waals surface area contributed by atoms with Crippen molar-refractivity contribution in [3.8, 4) is 0 Å². The van der Waals surface area contributed by atoms with Crippen LogP contribution >= 0.6 is 0 Å². The summed E-state index contributed by atoms with van der Waals surface area (Å²) in [6, 6.07) is 0. The Morgan fingerprint density at radius 1 is 1.42 bits per heavy atom. The lowest BCUT2D eigenvalue weighted by molar-refractivity contribution is -0.132. The number of hydrogen-bond donors (Lipinski definition) is 1. The van der Waals surface area contributed by atoms with Crippen LogP contribution in [0.25, 0.3) is 0 Å². The van der Waals surface area contributed by atoms with Crippen LogP contribution in [-0.4, -0.2) is 38.0 Å². The zero-order chi connectivity index (χ0) is 9.19. The van der Waals surface area contributed by atoms with Gasteiger partial charge in [-0.1, -0.05) is 6.92 Å². The number of piperidine rings is 1. The number of amides is 1. The molecule has 1 fully saturated rings. The first-order valence-corrected chi connectivity index (χ1v) is 4.49. The molecule has 12 heavy (non-hydrogen) atoms. The molecular weight excluding hydrogens is 152 g/mol. The number of carbonyl (C=O) groups excluding carboxylic acids is 1. The zero-order valence-corrected chi connectivity index (χ0v) is 8.18. The Kier molecular flexibility index (Phi) is 2.73. The maximum atomic E-state index is 11.5. The van der Waals surface area contributed by atoms with E-state index in [1.165, 1.54) is 0 Å². The zero-order valence-electron chi connectivity index (χ0n) is 8.18. The molecule has 0 spiro atoms. The second-order valence-electron chi connectivity index (χ2n) is 3.94. The van der Waals surface area contributed by atoms with E-state index >= 15 is 0 Å². The predicted octanol–water partition coefficient (Wildman–Crippen LogP) is 0.464. The van der Waals surface area contributed by atoms with Crippen molar-refractivity contribution in [2.75, 3.05) is 27.2 Å². The molecule has 1 amide bonds. The Labute approximate surface area is 74.1 Å². The number of nitrogens with one attached hydrogen (secondary N) is 1. The lowest BCUT2D eigenvalue weighted by atomic mass is 9.80. The maximum absolute atomic E-state index is 11.5. The molecule has 1 heterocycles. The average Bonchev–Trinajstić information content (AvgIpc) is 2.09. The van der Waals surface area contributed by atoms with Crippen LogP contribution in [0.2, 0.25) is 0 Å². The van der Waals surface area contributed by atoms with Crippen LogP contribution in [-0.2, 0) is 4.79 Å². The summed E-state index contributed by atoms with van der Waals surface area (Å²) in [5, 5.41) is 2.73. The smallest absolute Gasteiger partial charge is 0.225 e. The highest BCUT2D eigenvalue weighted by atomic mass is 16.2. The molecule has 3 nitrogen and oxygen atoms in total. The summed E-state index contributed by atoms with van der Waals surface area (Å²) in [7, 11) is 3.81. The van der Waals surface area contributed by atoms with Crippen molar-refractivity contribution in [1.29, 1.82) is 0 Å². The summed E-state index contributed by atoms with van der Waals surface area (Å²) >= 11 is 0. The van der Waals surface area contributed by atoms with Gasteiger partial charge in [0.2, 0.25) is 5.91 Å². The topological polar surface area (TPSA) is 32.3 Å². The Morgan fingerprint density at radius 3 is 2.33 bits per heavy atom. The third-order valence-electron chi connectivity index (χ3n) is 2.87. The molecule has 1 rings (SSSR count). The van der Waals surface area contributed by atoms with Crippen LogP contribution in [0, 0.1) is 5.41 Å². The minimum absolute atomic E-state index is 0.124. The van der Waals surface area contributed by atoms with E-state index in [-0.39, 0.29) is 11.3 Å².